The molecule has 3 aromatic rings. The van der Waals surface area contributed by atoms with Crippen molar-refractivity contribution in [1.82, 2.24) is 9.78 Å². The van der Waals surface area contributed by atoms with Crippen molar-refractivity contribution in [3.63, 3.8) is 0 Å². The van der Waals surface area contributed by atoms with Crippen LogP contribution in [0.5, 0.6) is 0 Å². The summed E-state index contributed by atoms with van der Waals surface area (Å²) in [4.78, 5) is 12.2. The van der Waals surface area contributed by atoms with Crippen LogP contribution in [-0.2, 0) is 6.54 Å². The Morgan fingerprint density at radius 1 is 1.08 bits per heavy atom. The van der Waals surface area contributed by atoms with E-state index in [1.54, 1.807) is 16.9 Å². The van der Waals surface area contributed by atoms with Gasteiger partial charge in [-0.25, -0.2) is 13.5 Å². The zero-order valence-electron chi connectivity index (χ0n) is 13.0. The highest BCUT2D eigenvalue weighted by Crippen LogP contribution is 2.14. The molecule has 0 saturated carbocycles. The van der Waals surface area contributed by atoms with Crippen LogP contribution in [0.3, 0.4) is 0 Å². The molecule has 0 atom stereocenters. The molecule has 1 aromatic heterocycles. The second-order valence-corrected chi connectivity index (χ2v) is 5.47. The van der Waals surface area contributed by atoms with E-state index in [1.807, 2.05) is 31.2 Å². The van der Waals surface area contributed by atoms with Gasteiger partial charge in [0.15, 0.2) is 0 Å². The third-order valence-corrected chi connectivity index (χ3v) is 3.54. The van der Waals surface area contributed by atoms with Gasteiger partial charge in [0, 0.05) is 17.7 Å². The minimum absolute atomic E-state index is 0.0874. The van der Waals surface area contributed by atoms with Crippen LogP contribution in [0.15, 0.2) is 54.7 Å². The summed E-state index contributed by atoms with van der Waals surface area (Å²) in [7, 11) is 0. The molecule has 0 spiro atoms. The molecule has 0 aliphatic carbocycles. The average Bonchev–Trinajstić information content (AvgIpc) is 2.95. The SMILES string of the molecule is Cc1ccc(Cn2nccc2NC(=O)c2cc(F)cc(F)c2)cc1. The number of nitrogens with zero attached hydrogens (tertiary/aromatic N) is 2. The number of benzene rings is 2. The molecule has 0 radical (unpaired) electrons. The van der Waals surface area contributed by atoms with Gasteiger partial charge in [-0.1, -0.05) is 29.8 Å². The van der Waals surface area contributed by atoms with Gasteiger partial charge in [0.2, 0.25) is 0 Å². The number of anilines is 1. The van der Waals surface area contributed by atoms with Gasteiger partial charge >= 0.3 is 0 Å². The summed E-state index contributed by atoms with van der Waals surface area (Å²) in [5, 5.41) is 6.79. The molecular formula is C18H15F2N3O. The number of hydrogen-bond acceptors (Lipinski definition) is 2. The topological polar surface area (TPSA) is 46.9 Å². The summed E-state index contributed by atoms with van der Waals surface area (Å²) < 4.78 is 28.1. The lowest BCUT2D eigenvalue weighted by atomic mass is 10.1. The summed E-state index contributed by atoms with van der Waals surface area (Å²) in [5.41, 5.74) is 2.09. The number of halogens is 2. The monoisotopic (exact) mass is 327 g/mol. The fraction of sp³-hybridized carbons (Fsp3) is 0.111. The highest BCUT2D eigenvalue weighted by Gasteiger charge is 2.12. The van der Waals surface area contributed by atoms with Crippen molar-refractivity contribution in [3.05, 3.63) is 83.1 Å². The van der Waals surface area contributed by atoms with Crippen molar-refractivity contribution in [2.24, 2.45) is 0 Å². The number of amides is 1. The summed E-state index contributed by atoms with van der Waals surface area (Å²) in [6.45, 7) is 2.47. The standard InChI is InChI=1S/C18H15F2N3O/c1-12-2-4-13(5-3-12)11-23-17(6-7-21-23)22-18(24)14-8-15(19)10-16(20)9-14/h2-10H,11H2,1H3,(H,22,24). The predicted octanol–water partition coefficient (Wildman–Crippen LogP) is 3.77. The molecule has 0 aliphatic heterocycles. The molecule has 0 bridgehead atoms. The molecule has 4 nitrogen and oxygen atoms in total. The van der Waals surface area contributed by atoms with E-state index in [0.717, 1.165) is 29.3 Å². The van der Waals surface area contributed by atoms with Crippen molar-refractivity contribution in [1.29, 1.82) is 0 Å². The van der Waals surface area contributed by atoms with Gasteiger partial charge in [0.25, 0.3) is 5.91 Å². The molecule has 1 N–H and O–H groups in total. The number of hydrogen-bond donors (Lipinski definition) is 1. The van der Waals surface area contributed by atoms with E-state index in [2.05, 4.69) is 10.4 Å². The fourth-order valence-electron chi connectivity index (χ4n) is 2.30. The van der Waals surface area contributed by atoms with Crippen molar-refractivity contribution in [2.75, 3.05) is 5.32 Å². The van der Waals surface area contributed by atoms with Gasteiger partial charge in [-0.2, -0.15) is 5.10 Å². The fourth-order valence-corrected chi connectivity index (χ4v) is 2.30. The summed E-state index contributed by atoms with van der Waals surface area (Å²) in [6.07, 6.45) is 1.55. The van der Waals surface area contributed by atoms with Gasteiger partial charge in [-0.15, -0.1) is 0 Å². The molecule has 0 fully saturated rings. The molecule has 122 valence electrons. The quantitative estimate of drug-likeness (QED) is 0.793. The number of aryl methyl sites for hydroxylation is 1. The summed E-state index contributed by atoms with van der Waals surface area (Å²) in [5.74, 6) is -1.74. The zero-order chi connectivity index (χ0) is 17.1. The molecule has 1 heterocycles. The van der Waals surface area contributed by atoms with Crippen LogP contribution in [0.1, 0.15) is 21.5 Å². The summed E-state index contributed by atoms with van der Waals surface area (Å²) >= 11 is 0. The molecule has 6 heteroatoms. The van der Waals surface area contributed by atoms with Crippen molar-refractivity contribution >= 4 is 11.7 Å². The first kappa shape index (κ1) is 15.9. The average molecular weight is 327 g/mol. The van der Waals surface area contributed by atoms with Crippen LogP contribution in [0.4, 0.5) is 14.6 Å². The molecule has 1 amide bonds. The maximum Gasteiger partial charge on any atom is 0.257 e. The summed E-state index contributed by atoms with van der Waals surface area (Å²) in [6, 6.07) is 12.3. The van der Waals surface area contributed by atoms with Crippen LogP contribution < -0.4 is 5.32 Å². The van der Waals surface area contributed by atoms with E-state index >= 15 is 0 Å². The molecule has 2 aromatic carbocycles. The Labute approximate surface area is 137 Å². The number of carbonyl (C=O) groups excluding carboxylic acids is 1. The van der Waals surface area contributed by atoms with Crippen molar-refractivity contribution < 1.29 is 13.6 Å². The maximum atomic E-state index is 13.2. The minimum Gasteiger partial charge on any atom is -0.307 e. The van der Waals surface area contributed by atoms with Crippen LogP contribution in [0.25, 0.3) is 0 Å². The molecule has 24 heavy (non-hydrogen) atoms. The highest BCUT2D eigenvalue weighted by molar-refractivity contribution is 6.03. The van der Waals surface area contributed by atoms with Gasteiger partial charge < -0.3 is 5.32 Å². The van der Waals surface area contributed by atoms with Gasteiger partial charge in [-0.05, 0) is 24.6 Å². The lowest BCUT2D eigenvalue weighted by molar-refractivity contribution is 0.102. The Kier molecular flexibility index (Phi) is 4.37. The number of aromatic nitrogens is 2. The Morgan fingerprint density at radius 2 is 1.75 bits per heavy atom. The van der Waals surface area contributed by atoms with Crippen LogP contribution in [-0.4, -0.2) is 15.7 Å². The van der Waals surface area contributed by atoms with E-state index in [-0.39, 0.29) is 5.56 Å². The first-order chi connectivity index (χ1) is 11.5. The normalized spacial score (nSPS) is 10.6. The van der Waals surface area contributed by atoms with Crippen LogP contribution >= 0.6 is 0 Å². The minimum atomic E-state index is -0.798. The van der Waals surface area contributed by atoms with E-state index in [0.29, 0.717) is 12.4 Å². The lowest BCUT2D eigenvalue weighted by Gasteiger charge is -2.09. The van der Waals surface area contributed by atoms with E-state index in [4.69, 9.17) is 0 Å². The molecular weight excluding hydrogens is 312 g/mol. The maximum absolute atomic E-state index is 13.2. The number of rotatable bonds is 4. The number of carbonyl (C=O) groups is 1. The highest BCUT2D eigenvalue weighted by atomic mass is 19.1. The van der Waals surface area contributed by atoms with E-state index < -0.39 is 17.5 Å². The molecule has 0 saturated heterocycles. The second-order valence-electron chi connectivity index (χ2n) is 5.47. The Hall–Kier alpha value is -3.02. The van der Waals surface area contributed by atoms with Gasteiger partial charge in [-0.3, -0.25) is 4.79 Å². The smallest absolute Gasteiger partial charge is 0.257 e. The second kappa shape index (κ2) is 6.62. The number of nitrogens with one attached hydrogen (secondary N) is 1. The lowest BCUT2D eigenvalue weighted by Crippen LogP contribution is -2.16. The van der Waals surface area contributed by atoms with Crippen molar-refractivity contribution in [3.8, 4) is 0 Å². The predicted molar refractivity (Wildman–Crippen MR) is 86.8 cm³/mol. The first-order valence-corrected chi connectivity index (χ1v) is 7.36. The zero-order valence-corrected chi connectivity index (χ0v) is 13.0. The third kappa shape index (κ3) is 3.65. The van der Waals surface area contributed by atoms with Crippen LogP contribution in [0.2, 0.25) is 0 Å². The van der Waals surface area contributed by atoms with Crippen LogP contribution in [0, 0.1) is 18.6 Å². The van der Waals surface area contributed by atoms with Crippen molar-refractivity contribution in [2.45, 2.75) is 13.5 Å². The largest absolute Gasteiger partial charge is 0.307 e. The van der Waals surface area contributed by atoms with E-state index in [9.17, 15) is 13.6 Å². The molecule has 0 aliphatic rings. The Morgan fingerprint density at radius 3 is 2.42 bits per heavy atom. The molecule has 3 rings (SSSR count). The third-order valence-electron chi connectivity index (χ3n) is 3.54. The van der Waals surface area contributed by atoms with Gasteiger partial charge in [0.1, 0.15) is 17.5 Å². The molecule has 0 unspecified atom stereocenters. The van der Waals surface area contributed by atoms with E-state index in [1.165, 1.54) is 0 Å². The first-order valence-electron chi connectivity index (χ1n) is 7.36. The Bertz CT molecular complexity index is 852. The Balaban J connectivity index is 1.77. The van der Waals surface area contributed by atoms with Gasteiger partial charge in [0.05, 0.1) is 12.7 Å².